The molecule has 1 N–H and O–H groups in total. The zero-order valence-electron chi connectivity index (χ0n) is 22.4. The van der Waals surface area contributed by atoms with Gasteiger partial charge < -0.3 is 14.6 Å². The van der Waals surface area contributed by atoms with E-state index in [4.69, 9.17) is 9.47 Å². The number of carbonyl (C=O) groups excluding carboxylic acids is 1. The van der Waals surface area contributed by atoms with Gasteiger partial charge in [-0.2, -0.15) is 0 Å². The second-order valence-electron chi connectivity index (χ2n) is 9.93. The highest BCUT2D eigenvalue weighted by molar-refractivity contribution is 5.71. The smallest absolute Gasteiger partial charge is 0.344 e. The number of esters is 1. The monoisotopic (exact) mass is 476 g/mol. The van der Waals surface area contributed by atoms with E-state index in [1.165, 1.54) is 103 Å². The number of rotatable bonds is 22. The predicted molar refractivity (Wildman–Crippen MR) is 143 cm³/mol. The molecular formula is C30H52O4. The molecule has 0 fully saturated rings. The zero-order chi connectivity index (χ0) is 24.9. The number of unbranched alkanes of at least 4 members (excludes halogenated alkanes) is 14. The molecule has 0 heterocycles. The summed E-state index contributed by atoms with van der Waals surface area (Å²) in [5, 5.41) is 10.3. The Morgan fingerprint density at radius 1 is 0.824 bits per heavy atom. The molecule has 4 heteroatoms. The molecule has 34 heavy (non-hydrogen) atoms. The van der Waals surface area contributed by atoms with Gasteiger partial charge in [0, 0.05) is 6.07 Å². The van der Waals surface area contributed by atoms with Crippen LogP contribution in [0.2, 0.25) is 0 Å². The molecule has 0 saturated carbocycles. The van der Waals surface area contributed by atoms with Crippen LogP contribution in [0.1, 0.15) is 129 Å². The first kappa shape index (κ1) is 30.3. The average molecular weight is 477 g/mol. The van der Waals surface area contributed by atoms with E-state index in [0.29, 0.717) is 18.3 Å². The lowest BCUT2D eigenvalue weighted by molar-refractivity contribution is -0.145. The molecule has 196 valence electrons. The van der Waals surface area contributed by atoms with Crippen LogP contribution in [0.5, 0.6) is 11.5 Å². The Balaban J connectivity index is 2.01. The quantitative estimate of drug-likeness (QED) is 0.134. The Hall–Kier alpha value is -1.71. The summed E-state index contributed by atoms with van der Waals surface area (Å²) in [5.41, 5.74) is 0.942. The Labute approximate surface area is 209 Å². The molecule has 1 aromatic carbocycles. The lowest BCUT2D eigenvalue weighted by Crippen LogP contribution is -2.14. The van der Waals surface area contributed by atoms with Gasteiger partial charge in [-0.05, 0) is 30.9 Å². The third kappa shape index (κ3) is 16.0. The highest BCUT2D eigenvalue weighted by atomic mass is 16.6. The molecule has 0 radical (unpaired) electrons. The minimum absolute atomic E-state index is 0.137. The minimum Gasteiger partial charge on any atom is -0.508 e. The topological polar surface area (TPSA) is 55.8 Å². The fourth-order valence-corrected chi connectivity index (χ4v) is 4.49. The highest BCUT2D eigenvalue weighted by Gasteiger charge is 2.10. The first-order valence-electron chi connectivity index (χ1n) is 14.2. The largest absolute Gasteiger partial charge is 0.508 e. The van der Waals surface area contributed by atoms with Crippen molar-refractivity contribution in [3.63, 3.8) is 0 Å². The first-order valence-corrected chi connectivity index (χ1v) is 14.2. The predicted octanol–water partition coefficient (Wildman–Crippen LogP) is 8.77. The second-order valence-corrected chi connectivity index (χ2v) is 9.93. The molecule has 0 spiro atoms. The maximum absolute atomic E-state index is 11.4. The Kier molecular flexibility index (Phi) is 18.4. The van der Waals surface area contributed by atoms with E-state index < -0.39 is 5.97 Å². The van der Waals surface area contributed by atoms with Crippen LogP contribution in [0.3, 0.4) is 0 Å². The summed E-state index contributed by atoms with van der Waals surface area (Å²) in [6.45, 7) is 6.50. The van der Waals surface area contributed by atoms with Crippen LogP contribution >= 0.6 is 0 Å². The number of hydrogen-bond donors (Lipinski definition) is 1. The Morgan fingerprint density at radius 3 is 1.85 bits per heavy atom. The van der Waals surface area contributed by atoms with E-state index in [9.17, 15) is 9.90 Å². The van der Waals surface area contributed by atoms with Crippen LogP contribution in [0.25, 0.3) is 0 Å². The summed E-state index contributed by atoms with van der Waals surface area (Å²) in [5.74, 6) is 0.872. The fraction of sp³-hybridized carbons (Fsp3) is 0.767. The summed E-state index contributed by atoms with van der Waals surface area (Å²) in [6, 6.07) is 5.31. The van der Waals surface area contributed by atoms with Gasteiger partial charge in [0.15, 0.2) is 6.61 Å². The van der Waals surface area contributed by atoms with Gasteiger partial charge in [-0.15, -0.1) is 0 Å². The van der Waals surface area contributed by atoms with Crippen molar-refractivity contribution in [2.24, 2.45) is 5.92 Å². The lowest BCUT2D eigenvalue weighted by atomic mass is 9.94. The molecule has 1 rings (SSSR count). The average Bonchev–Trinajstić information content (AvgIpc) is 2.82. The van der Waals surface area contributed by atoms with Crippen LogP contribution in [0.15, 0.2) is 18.2 Å². The van der Waals surface area contributed by atoms with E-state index in [1.54, 1.807) is 13.0 Å². The van der Waals surface area contributed by atoms with Crippen molar-refractivity contribution in [2.45, 2.75) is 130 Å². The lowest BCUT2D eigenvalue weighted by Gasteiger charge is -2.14. The third-order valence-electron chi connectivity index (χ3n) is 6.59. The van der Waals surface area contributed by atoms with Gasteiger partial charge >= 0.3 is 5.97 Å². The summed E-state index contributed by atoms with van der Waals surface area (Å²) in [6.07, 6.45) is 22.9. The van der Waals surface area contributed by atoms with Gasteiger partial charge in [-0.3, -0.25) is 0 Å². The Morgan fingerprint density at radius 2 is 1.35 bits per heavy atom. The van der Waals surface area contributed by atoms with Gasteiger partial charge in [0.25, 0.3) is 0 Å². The number of benzene rings is 1. The van der Waals surface area contributed by atoms with E-state index in [0.717, 1.165) is 12.0 Å². The van der Waals surface area contributed by atoms with Gasteiger partial charge in [0.1, 0.15) is 11.5 Å². The van der Waals surface area contributed by atoms with Gasteiger partial charge in [-0.25, -0.2) is 4.79 Å². The molecule has 0 aliphatic heterocycles. The van der Waals surface area contributed by atoms with Crippen molar-refractivity contribution in [1.29, 1.82) is 0 Å². The molecule has 4 nitrogen and oxygen atoms in total. The number of hydrogen-bond acceptors (Lipinski definition) is 4. The zero-order valence-corrected chi connectivity index (χ0v) is 22.4. The van der Waals surface area contributed by atoms with Crippen molar-refractivity contribution in [2.75, 3.05) is 13.2 Å². The van der Waals surface area contributed by atoms with Gasteiger partial charge in [0.2, 0.25) is 0 Å². The van der Waals surface area contributed by atoms with E-state index in [-0.39, 0.29) is 12.4 Å². The number of carbonyl (C=O) groups is 1. The fourth-order valence-electron chi connectivity index (χ4n) is 4.49. The maximum Gasteiger partial charge on any atom is 0.344 e. The summed E-state index contributed by atoms with van der Waals surface area (Å²) >= 11 is 0. The van der Waals surface area contributed by atoms with Gasteiger partial charge in [-0.1, -0.05) is 123 Å². The van der Waals surface area contributed by atoms with E-state index in [2.05, 4.69) is 13.8 Å². The van der Waals surface area contributed by atoms with E-state index >= 15 is 0 Å². The van der Waals surface area contributed by atoms with Gasteiger partial charge in [0.05, 0.1) is 6.61 Å². The summed E-state index contributed by atoms with van der Waals surface area (Å²) in [7, 11) is 0. The van der Waals surface area contributed by atoms with Crippen LogP contribution in [0, 0.1) is 5.92 Å². The van der Waals surface area contributed by atoms with Crippen LogP contribution in [-0.4, -0.2) is 24.3 Å². The molecule has 1 aromatic rings. The van der Waals surface area contributed by atoms with Crippen molar-refractivity contribution >= 4 is 5.97 Å². The maximum atomic E-state index is 11.4. The molecule has 0 aliphatic carbocycles. The standard InChI is InChI=1S/C30H52O4/c1-4-6-7-8-9-10-11-12-13-14-15-16-17-18-19-20-26(3)23-27-21-22-28(24-29(27)31)34-25-30(32)33-5-2/h21-22,24,26,31H,4-20,23,25H2,1-3H3. The van der Waals surface area contributed by atoms with Crippen molar-refractivity contribution < 1.29 is 19.4 Å². The second kappa shape index (κ2) is 20.6. The molecule has 0 aromatic heterocycles. The van der Waals surface area contributed by atoms with Crippen molar-refractivity contribution in [3.05, 3.63) is 23.8 Å². The molecule has 1 atom stereocenters. The Bertz CT molecular complexity index is 628. The van der Waals surface area contributed by atoms with E-state index in [1.807, 2.05) is 12.1 Å². The molecular weight excluding hydrogens is 424 g/mol. The van der Waals surface area contributed by atoms with Crippen LogP contribution in [-0.2, 0) is 16.0 Å². The van der Waals surface area contributed by atoms with Crippen LogP contribution < -0.4 is 4.74 Å². The number of aromatic hydroxyl groups is 1. The summed E-state index contributed by atoms with van der Waals surface area (Å²) < 4.78 is 10.2. The minimum atomic E-state index is -0.400. The number of phenols is 1. The van der Waals surface area contributed by atoms with Crippen molar-refractivity contribution in [3.8, 4) is 11.5 Å². The molecule has 0 bridgehead atoms. The van der Waals surface area contributed by atoms with Crippen molar-refractivity contribution in [1.82, 2.24) is 0 Å². The summed E-state index contributed by atoms with van der Waals surface area (Å²) in [4.78, 5) is 11.4. The highest BCUT2D eigenvalue weighted by Crippen LogP contribution is 2.27. The molecule has 0 aliphatic rings. The SMILES string of the molecule is CCCCCCCCCCCCCCCCCC(C)Cc1ccc(OCC(=O)OCC)cc1O. The molecule has 0 saturated heterocycles. The molecule has 0 amide bonds. The molecule has 1 unspecified atom stereocenters. The number of ether oxygens (including phenoxy) is 2. The first-order chi connectivity index (χ1) is 16.6. The third-order valence-corrected chi connectivity index (χ3v) is 6.59. The van der Waals surface area contributed by atoms with Crippen LogP contribution in [0.4, 0.5) is 0 Å². The normalized spacial score (nSPS) is 12.0. The number of phenolic OH excluding ortho intramolecular Hbond substituents is 1.